The number of ether oxygens (including phenoxy) is 1. The second-order valence-electron chi connectivity index (χ2n) is 5.00. The smallest absolute Gasteiger partial charge is 0.122 e. The highest BCUT2D eigenvalue weighted by atomic mass is 16.5. The lowest BCUT2D eigenvalue weighted by Gasteiger charge is -2.06. The minimum absolute atomic E-state index is 0.634. The van der Waals surface area contributed by atoms with Crippen LogP contribution in [0.4, 0.5) is 0 Å². The first-order valence-electron chi connectivity index (χ1n) is 6.69. The lowest BCUT2D eigenvalue weighted by Crippen LogP contribution is -2.04. The van der Waals surface area contributed by atoms with Crippen LogP contribution in [0.15, 0.2) is 18.2 Å². The fraction of sp³-hybridized carbons (Fsp3) is 0.400. The Balaban J connectivity index is 2.07. The molecule has 1 aliphatic rings. The number of aryl methyl sites for hydroxylation is 1. The molecule has 0 atom stereocenters. The molecule has 3 rings (SSSR count). The number of nitrogens with two attached hydrogens (primary N) is 1. The van der Waals surface area contributed by atoms with Gasteiger partial charge in [-0.1, -0.05) is 0 Å². The minimum Gasteiger partial charge on any atom is -0.493 e. The Morgan fingerprint density at radius 3 is 3.05 bits per heavy atom. The summed E-state index contributed by atoms with van der Waals surface area (Å²) in [5, 5.41) is 4.58. The number of fused-ring (bicyclic) bond motifs is 1. The average Bonchev–Trinajstić information content (AvgIpc) is 2.95. The first kappa shape index (κ1) is 12.2. The van der Waals surface area contributed by atoms with Gasteiger partial charge < -0.3 is 10.5 Å². The maximum Gasteiger partial charge on any atom is 0.122 e. The average molecular weight is 257 g/mol. The van der Waals surface area contributed by atoms with E-state index in [1.165, 1.54) is 22.4 Å². The van der Waals surface area contributed by atoms with Crippen molar-refractivity contribution >= 4 is 0 Å². The van der Waals surface area contributed by atoms with Crippen molar-refractivity contribution in [1.82, 2.24) is 9.78 Å². The van der Waals surface area contributed by atoms with E-state index in [1.807, 2.05) is 11.7 Å². The van der Waals surface area contributed by atoms with Crippen molar-refractivity contribution in [3.63, 3.8) is 0 Å². The molecule has 19 heavy (non-hydrogen) atoms. The minimum atomic E-state index is 0.634. The van der Waals surface area contributed by atoms with Gasteiger partial charge in [-0.2, -0.15) is 5.10 Å². The van der Waals surface area contributed by atoms with Gasteiger partial charge >= 0.3 is 0 Å². The number of rotatable bonds is 3. The quantitative estimate of drug-likeness (QED) is 0.912. The molecule has 1 aliphatic heterocycles. The van der Waals surface area contributed by atoms with Crippen LogP contribution in [-0.2, 0) is 19.9 Å². The molecule has 100 valence electrons. The molecule has 0 spiro atoms. The molecule has 0 aliphatic carbocycles. The van der Waals surface area contributed by atoms with E-state index in [2.05, 4.69) is 30.2 Å². The Hall–Kier alpha value is -1.81. The molecule has 2 heterocycles. The van der Waals surface area contributed by atoms with E-state index in [0.29, 0.717) is 6.54 Å². The lowest BCUT2D eigenvalue weighted by atomic mass is 10.0. The Kier molecular flexibility index (Phi) is 3.03. The van der Waals surface area contributed by atoms with E-state index in [-0.39, 0.29) is 0 Å². The second-order valence-corrected chi connectivity index (χ2v) is 5.00. The van der Waals surface area contributed by atoms with Crippen molar-refractivity contribution in [2.45, 2.75) is 19.8 Å². The summed E-state index contributed by atoms with van der Waals surface area (Å²) in [5.74, 6) is 1.02. The zero-order chi connectivity index (χ0) is 13.4. The predicted molar refractivity (Wildman–Crippen MR) is 75.3 cm³/mol. The monoisotopic (exact) mass is 257 g/mol. The molecule has 1 aromatic carbocycles. The van der Waals surface area contributed by atoms with Crippen LogP contribution < -0.4 is 10.5 Å². The van der Waals surface area contributed by atoms with Gasteiger partial charge in [0.1, 0.15) is 5.75 Å². The molecule has 0 saturated carbocycles. The van der Waals surface area contributed by atoms with E-state index >= 15 is 0 Å². The Labute approximate surface area is 113 Å². The van der Waals surface area contributed by atoms with Crippen molar-refractivity contribution < 1.29 is 4.74 Å². The lowest BCUT2D eigenvalue weighted by molar-refractivity contribution is 0.357. The van der Waals surface area contributed by atoms with Gasteiger partial charge in [0.2, 0.25) is 0 Å². The topological polar surface area (TPSA) is 53.1 Å². The zero-order valence-electron chi connectivity index (χ0n) is 11.4. The van der Waals surface area contributed by atoms with Crippen LogP contribution in [0.1, 0.15) is 16.8 Å². The van der Waals surface area contributed by atoms with E-state index in [0.717, 1.165) is 30.9 Å². The van der Waals surface area contributed by atoms with E-state index in [1.54, 1.807) is 0 Å². The molecule has 0 unspecified atom stereocenters. The molecule has 0 bridgehead atoms. The number of hydrogen-bond donors (Lipinski definition) is 1. The largest absolute Gasteiger partial charge is 0.493 e. The highest BCUT2D eigenvalue weighted by Gasteiger charge is 2.17. The number of hydrogen-bond acceptors (Lipinski definition) is 3. The summed E-state index contributed by atoms with van der Waals surface area (Å²) in [5.41, 5.74) is 11.6. The van der Waals surface area contributed by atoms with Gasteiger partial charge in [0.05, 0.1) is 18.0 Å². The van der Waals surface area contributed by atoms with Crippen molar-refractivity contribution in [3.05, 3.63) is 35.0 Å². The Morgan fingerprint density at radius 1 is 1.42 bits per heavy atom. The molecule has 0 saturated heterocycles. The third kappa shape index (κ3) is 2.02. The summed E-state index contributed by atoms with van der Waals surface area (Å²) < 4.78 is 7.51. The first-order valence-corrected chi connectivity index (χ1v) is 6.69. The van der Waals surface area contributed by atoms with Crippen LogP contribution in [-0.4, -0.2) is 22.9 Å². The fourth-order valence-electron chi connectivity index (χ4n) is 2.80. The molecule has 0 fully saturated rings. The summed E-state index contributed by atoms with van der Waals surface area (Å²) >= 11 is 0. The van der Waals surface area contributed by atoms with Gasteiger partial charge in [0.15, 0.2) is 0 Å². The van der Waals surface area contributed by atoms with Crippen molar-refractivity contribution in [1.29, 1.82) is 0 Å². The molecular formula is C15H19N3O. The van der Waals surface area contributed by atoms with Gasteiger partial charge in [0, 0.05) is 25.5 Å². The normalized spacial score (nSPS) is 13.4. The predicted octanol–water partition coefficient (Wildman–Crippen LogP) is 1.83. The number of benzene rings is 1. The molecule has 1 aromatic heterocycles. The number of nitrogens with zero attached hydrogens (tertiary/aromatic N) is 2. The van der Waals surface area contributed by atoms with Crippen molar-refractivity contribution in [2.75, 3.05) is 13.2 Å². The summed E-state index contributed by atoms with van der Waals surface area (Å²) in [6.45, 7) is 3.55. The van der Waals surface area contributed by atoms with Gasteiger partial charge in [-0.05, 0) is 42.8 Å². The van der Waals surface area contributed by atoms with Gasteiger partial charge in [-0.3, -0.25) is 4.68 Å². The third-order valence-corrected chi connectivity index (χ3v) is 3.73. The maximum absolute atomic E-state index is 5.64. The summed E-state index contributed by atoms with van der Waals surface area (Å²) in [4.78, 5) is 0. The SMILES string of the molecule is Cc1c(CCN)nn(C)c1-c1ccc2c(c1)CCO2. The molecule has 2 N–H and O–H groups in total. The summed E-state index contributed by atoms with van der Waals surface area (Å²) in [7, 11) is 1.99. The molecule has 4 heteroatoms. The van der Waals surface area contributed by atoms with E-state index < -0.39 is 0 Å². The highest BCUT2D eigenvalue weighted by Crippen LogP contribution is 2.32. The molecule has 2 aromatic rings. The number of aromatic nitrogens is 2. The van der Waals surface area contributed by atoms with Crippen LogP contribution in [0.3, 0.4) is 0 Å². The Morgan fingerprint density at radius 2 is 2.26 bits per heavy atom. The van der Waals surface area contributed by atoms with Crippen LogP contribution in [0.25, 0.3) is 11.3 Å². The maximum atomic E-state index is 5.64. The third-order valence-electron chi connectivity index (χ3n) is 3.73. The van der Waals surface area contributed by atoms with Gasteiger partial charge in [-0.15, -0.1) is 0 Å². The Bertz CT molecular complexity index is 616. The zero-order valence-corrected chi connectivity index (χ0v) is 11.4. The van der Waals surface area contributed by atoms with Crippen LogP contribution in [0.2, 0.25) is 0 Å². The van der Waals surface area contributed by atoms with Gasteiger partial charge in [0.25, 0.3) is 0 Å². The van der Waals surface area contributed by atoms with Crippen LogP contribution in [0.5, 0.6) is 5.75 Å². The molecule has 4 nitrogen and oxygen atoms in total. The fourth-order valence-corrected chi connectivity index (χ4v) is 2.80. The molecular weight excluding hydrogens is 238 g/mol. The van der Waals surface area contributed by atoms with E-state index in [4.69, 9.17) is 10.5 Å². The molecule has 0 amide bonds. The summed E-state index contributed by atoms with van der Waals surface area (Å²) in [6.07, 6.45) is 1.82. The van der Waals surface area contributed by atoms with Crippen LogP contribution >= 0.6 is 0 Å². The molecule has 0 radical (unpaired) electrons. The van der Waals surface area contributed by atoms with Crippen LogP contribution in [0, 0.1) is 6.92 Å². The van der Waals surface area contributed by atoms with E-state index in [9.17, 15) is 0 Å². The van der Waals surface area contributed by atoms with Crippen molar-refractivity contribution in [2.24, 2.45) is 12.8 Å². The summed E-state index contributed by atoms with van der Waals surface area (Å²) in [6, 6.07) is 6.39. The van der Waals surface area contributed by atoms with Crippen molar-refractivity contribution in [3.8, 4) is 17.0 Å². The highest BCUT2D eigenvalue weighted by molar-refractivity contribution is 5.67. The van der Waals surface area contributed by atoms with Gasteiger partial charge in [-0.25, -0.2) is 0 Å². The standard InChI is InChI=1S/C15H19N3O/c1-10-13(5-7-16)17-18(2)15(10)12-3-4-14-11(9-12)6-8-19-14/h3-4,9H,5-8,16H2,1-2H3. The first-order chi connectivity index (χ1) is 9.20. The second kappa shape index (κ2) is 4.70.